The van der Waals surface area contributed by atoms with Gasteiger partial charge in [-0.25, -0.2) is 0 Å². The largest absolute Gasteiger partial charge is 0.480 e. The van der Waals surface area contributed by atoms with Crippen LogP contribution in [0.5, 0.6) is 0 Å². The molecule has 0 aliphatic heterocycles. The van der Waals surface area contributed by atoms with E-state index >= 15 is 0 Å². The summed E-state index contributed by atoms with van der Waals surface area (Å²) in [6.45, 7) is 8.24. The van der Waals surface area contributed by atoms with Gasteiger partial charge in [0.1, 0.15) is 0 Å². The van der Waals surface area contributed by atoms with E-state index in [2.05, 4.69) is 13.8 Å². The lowest BCUT2D eigenvalue weighted by molar-refractivity contribution is -0.138. The maximum absolute atomic E-state index is 11.1. The number of rotatable bonds is 16. The van der Waals surface area contributed by atoms with E-state index in [4.69, 9.17) is 21.7 Å². The molecule has 0 aliphatic rings. The van der Waals surface area contributed by atoms with Crippen molar-refractivity contribution in [3.05, 3.63) is 0 Å². The predicted molar refractivity (Wildman–Crippen MR) is 110 cm³/mol. The van der Waals surface area contributed by atoms with Crippen LogP contribution < -0.4 is 0 Å². The minimum atomic E-state index is -1.67. The van der Waals surface area contributed by atoms with Crippen LogP contribution in [0.15, 0.2) is 0 Å². The van der Waals surface area contributed by atoms with Gasteiger partial charge < -0.3 is 9.84 Å². The van der Waals surface area contributed by atoms with Crippen LogP contribution in [-0.2, 0) is 21.3 Å². The molecular formula is C15H32NO3PS3. The summed E-state index contributed by atoms with van der Waals surface area (Å²) in [6, 6.07) is 0. The van der Waals surface area contributed by atoms with Gasteiger partial charge in [0, 0.05) is 19.4 Å². The lowest BCUT2D eigenvalue weighted by atomic mass is 10.4. The third kappa shape index (κ3) is 13.7. The van der Waals surface area contributed by atoms with E-state index in [0.29, 0.717) is 26.0 Å². The summed E-state index contributed by atoms with van der Waals surface area (Å²) in [5, 5.41) is 9.15. The van der Waals surface area contributed by atoms with Gasteiger partial charge in [0.2, 0.25) is 0 Å². The van der Waals surface area contributed by atoms with Crippen LogP contribution in [-0.4, -0.2) is 60.1 Å². The summed E-state index contributed by atoms with van der Waals surface area (Å²) in [4.78, 5) is 13.1. The van der Waals surface area contributed by atoms with E-state index in [1.54, 1.807) is 0 Å². The molecule has 0 radical (unpaired) electrons. The van der Waals surface area contributed by atoms with Crippen LogP contribution in [0, 0.1) is 0 Å². The van der Waals surface area contributed by atoms with E-state index in [0.717, 1.165) is 11.5 Å². The molecule has 1 N–H and O–H groups in total. The Hall–Kier alpha value is 0.740. The number of hydrogen-bond acceptors (Lipinski definition) is 6. The number of ether oxygens (including phenoxy) is 1. The van der Waals surface area contributed by atoms with Crippen LogP contribution >= 0.6 is 27.2 Å². The van der Waals surface area contributed by atoms with Crippen LogP contribution in [0.4, 0.5) is 0 Å². The third-order valence-corrected chi connectivity index (χ3v) is 13.8. The lowest BCUT2D eigenvalue weighted by Crippen LogP contribution is -2.33. The van der Waals surface area contributed by atoms with Gasteiger partial charge >= 0.3 is 5.97 Å². The van der Waals surface area contributed by atoms with Gasteiger partial charge in [0.05, 0.1) is 17.6 Å². The fourth-order valence-corrected chi connectivity index (χ4v) is 12.1. The summed E-state index contributed by atoms with van der Waals surface area (Å²) < 4.78 is 3.72. The summed E-state index contributed by atoms with van der Waals surface area (Å²) in [7, 11) is 0. The molecule has 23 heavy (non-hydrogen) atoms. The molecule has 0 spiro atoms. The quantitative estimate of drug-likeness (QED) is 0.296. The first kappa shape index (κ1) is 23.7. The Bertz CT molecular complexity index is 345. The van der Waals surface area contributed by atoms with Gasteiger partial charge in [0.15, 0.2) is 0 Å². The molecule has 0 heterocycles. The molecule has 4 nitrogen and oxygen atoms in total. The SMILES string of the molecule is CCCCSP(=S)(CN(CCOCC)CC(=O)O)SCCCC. The number of nitrogens with zero attached hydrogens (tertiary/aromatic N) is 1. The molecule has 0 saturated heterocycles. The minimum Gasteiger partial charge on any atom is -0.480 e. The highest BCUT2D eigenvalue weighted by Crippen LogP contribution is 2.69. The molecule has 8 heteroatoms. The van der Waals surface area contributed by atoms with Crippen molar-refractivity contribution in [2.24, 2.45) is 0 Å². The molecule has 0 aromatic rings. The van der Waals surface area contributed by atoms with Crippen molar-refractivity contribution in [2.45, 2.75) is 46.5 Å². The van der Waals surface area contributed by atoms with Gasteiger partial charge in [-0.3, -0.25) is 9.69 Å². The highest BCUT2D eigenvalue weighted by atomic mass is 33.2. The van der Waals surface area contributed by atoms with E-state index in [-0.39, 0.29) is 6.54 Å². The average Bonchev–Trinajstić information content (AvgIpc) is 2.47. The molecule has 0 rings (SSSR count). The Labute approximate surface area is 155 Å². The molecule has 0 aromatic heterocycles. The standard InChI is InChI=1S/C15H32NO3PS3/c1-4-7-11-22-20(21,23-12-8-5-2)14-16(13-15(17)18)9-10-19-6-3/h4-14H2,1-3H3,(H,17,18). The third-order valence-electron chi connectivity index (χ3n) is 3.06. The van der Waals surface area contributed by atoms with Gasteiger partial charge in [-0.2, -0.15) is 0 Å². The van der Waals surface area contributed by atoms with E-state index in [1.807, 2.05) is 34.6 Å². The Morgan fingerprint density at radius 2 is 1.74 bits per heavy atom. The average molecular weight is 402 g/mol. The van der Waals surface area contributed by atoms with Crippen molar-refractivity contribution in [1.82, 2.24) is 4.90 Å². The van der Waals surface area contributed by atoms with Gasteiger partial charge in [0.25, 0.3) is 0 Å². The maximum Gasteiger partial charge on any atom is 0.317 e. The molecular weight excluding hydrogens is 369 g/mol. The zero-order chi connectivity index (χ0) is 17.6. The fourth-order valence-electron chi connectivity index (χ4n) is 1.79. The lowest BCUT2D eigenvalue weighted by Gasteiger charge is -2.28. The number of carboxylic acid groups (broad SMARTS) is 1. The second-order valence-electron chi connectivity index (χ2n) is 5.27. The van der Waals surface area contributed by atoms with Gasteiger partial charge in [-0.1, -0.05) is 38.5 Å². The summed E-state index contributed by atoms with van der Waals surface area (Å²) in [5.74, 6) is 1.37. The van der Waals surface area contributed by atoms with E-state index in [1.165, 1.54) is 25.7 Å². The van der Waals surface area contributed by atoms with Crippen molar-refractivity contribution < 1.29 is 14.6 Å². The van der Waals surface area contributed by atoms with Gasteiger partial charge in [-0.15, -0.1) is 22.8 Å². The van der Waals surface area contributed by atoms with Crippen LogP contribution in [0.3, 0.4) is 0 Å². The number of aliphatic carboxylic acids is 1. The van der Waals surface area contributed by atoms with Crippen LogP contribution in [0.2, 0.25) is 0 Å². The molecule has 138 valence electrons. The van der Waals surface area contributed by atoms with Crippen molar-refractivity contribution in [3.8, 4) is 0 Å². The zero-order valence-electron chi connectivity index (χ0n) is 14.7. The first-order valence-electron chi connectivity index (χ1n) is 8.37. The van der Waals surface area contributed by atoms with Crippen molar-refractivity contribution in [3.63, 3.8) is 0 Å². The van der Waals surface area contributed by atoms with E-state index in [9.17, 15) is 4.79 Å². The first-order valence-corrected chi connectivity index (χ1v) is 14.5. The highest BCUT2D eigenvalue weighted by molar-refractivity contribution is 9.00. The van der Waals surface area contributed by atoms with Crippen molar-refractivity contribution in [1.29, 1.82) is 0 Å². The monoisotopic (exact) mass is 401 g/mol. The Balaban J connectivity index is 4.71. The molecule has 0 unspecified atom stereocenters. The van der Waals surface area contributed by atoms with Crippen molar-refractivity contribution in [2.75, 3.05) is 44.1 Å². The van der Waals surface area contributed by atoms with E-state index < -0.39 is 10.4 Å². The van der Waals surface area contributed by atoms with Crippen LogP contribution in [0.25, 0.3) is 0 Å². The molecule has 0 aliphatic carbocycles. The molecule has 0 aromatic carbocycles. The molecule has 0 atom stereocenters. The maximum atomic E-state index is 11.1. The minimum absolute atomic E-state index is 0.0497. The fraction of sp³-hybridized carbons (Fsp3) is 0.933. The molecule has 0 saturated carbocycles. The second kappa shape index (κ2) is 15.0. The summed E-state index contributed by atoms with van der Waals surface area (Å²) in [5.41, 5.74) is 0. The van der Waals surface area contributed by atoms with Crippen molar-refractivity contribution >= 4 is 45.0 Å². The topological polar surface area (TPSA) is 49.8 Å². The molecule has 0 amide bonds. The smallest absolute Gasteiger partial charge is 0.317 e. The Morgan fingerprint density at radius 3 is 2.17 bits per heavy atom. The zero-order valence-corrected chi connectivity index (χ0v) is 18.0. The number of unbranched alkanes of at least 4 members (excludes halogenated alkanes) is 2. The summed E-state index contributed by atoms with van der Waals surface area (Å²) in [6.07, 6.45) is 5.41. The molecule has 0 fully saturated rings. The predicted octanol–water partition coefficient (Wildman–Crippen LogP) is 4.74. The Kier molecular flexibility index (Phi) is 15.5. The highest BCUT2D eigenvalue weighted by Gasteiger charge is 2.23. The second-order valence-corrected chi connectivity index (χ2v) is 17.3. The van der Waals surface area contributed by atoms with Crippen LogP contribution in [0.1, 0.15) is 46.5 Å². The molecule has 0 bridgehead atoms. The number of carboxylic acids is 1. The summed E-state index contributed by atoms with van der Waals surface area (Å²) >= 11 is 9.81. The Morgan fingerprint density at radius 1 is 1.17 bits per heavy atom. The van der Waals surface area contributed by atoms with Gasteiger partial charge in [-0.05, 0) is 31.3 Å². The number of hydrogen-bond donors (Lipinski definition) is 1. The normalized spacial score (nSPS) is 12.0. The first-order chi connectivity index (χ1) is 11.0. The number of carbonyl (C=O) groups is 1.